The van der Waals surface area contributed by atoms with Crippen LogP contribution < -0.4 is 10.1 Å². The molecular weight excluding hydrogens is 334 g/mol. The molecule has 1 saturated carbocycles. The van der Waals surface area contributed by atoms with Gasteiger partial charge in [-0.3, -0.25) is 0 Å². The van der Waals surface area contributed by atoms with Crippen LogP contribution >= 0.6 is 15.9 Å². The first-order valence-corrected chi connectivity index (χ1v) is 8.39. The van der Waals surface area contributed by atoms with Crippen molar-refractivity contribution in [3.8, 4) is 5.75 Å². The van der Waals surface area contributed by atoms with Gasteiger partial charge in [0.2, 0.25) is 0 Å². The van der Waals surface area contributed by atoms with Crippen LogP contribution in [0.5, 0.6) is 5.75 Å². The maximum absolute atomic E-state index is 9.91. The summed E-state index contributed by atoms with van der Waals surface area (Å²) >= 11 is 3.38. The van der Waals surface area contributed by atoms with Crippen molar-refractivity contribution in [2.75, 3.05) is 19.7 Å². The Morgan fingerprint density at radius 3 is 2.90 bits per heavy atom. The van der Waals surface area contributed by atoms with E-state index < -0.39 is 6.10 Å². The third-order valence-corrected chi connectivity index (χ3v) is 4.39. The summed E-state index contributed by atoms with van der Waals surface area (Å²) < 4.78 is 6.50. The van der Waals surface area contributed by atoms with Gasteiger partial charge in [-0.05, 0) is 37.0 Å². The molecule has 0 bridgehead atoms. The molecule has 21 heavy (non-hydrogen) atoms. The highest BCUT2D eigenvalue weighted by molar-refractivity contribution is 9.10. The fraction of sp³-hybridized carbons (Fsp3) is 0.625. The molecule has 3 unspecified atom stereocenters. The second kappa shape index (κ2) is 8.73. The first-order valence-electron chi connectivity index (χ1n) is 7.60. The van der Waals surface area contributed by atoms with Gasteiger partial charge in [0, 0.05) is 17.6 Å². The first-order chi connectivity index (χ1) is 10.1. The predicted octanol–water partition coefficient (Wildman–Crippen LogP) is 2.33. The van der Waals surface area contributed by atoms with Crippen molar-refractivity contribution in [2.24, 2.45) is 5.92 Å². The van der Waals surface area contributed by atoms with Crippen LogP contribution in [-0.4, -0.2) is 42.1 Å². The zero-order valence-corrected chi connectivity index (χ0v) is 13.8. The lowest BCUT2D eigenvalue weighted by Gasteiger charge is -2.28. The molecule has 0 amide bonds. The lowest BCUT2D eigenvalue weighted by atomic mass is 9.86. The van der Waals surface area contributed by atoms with Crippen molar-refractivity contribution in [1.82, 2.24) is 5.32 Å². The van der Waals surface area contributed by atoms with E-state index in [2.05, 4.69) is 21.2 Å². The standard InChI is InChI=1S/C16H24BrNO3/c17-13-5-3-6-15(8-13)21-11-14(19)10-18-9-12-4-1-2-7-16(12)20/h3,5-6,8,12,14,16,18-20H,1-2,4,7,9-11H2. The molecule has 3 atom stereocenters. The number of benzene rings is 1. The predicted molar refractivity (Wildman–Crippen MR) is 86.5 cm³/mol. The maximum Gasteiger partial charge on any atom is 0.120 e. The molecule has 1 aliphatic carbocycles. The second-order valence-corrected chi connectivity index (χ2v) is 6.61. The van der Waals surface area contributed by atoms with Crippen molar-refractivity contribution >= 4 is 15.9 Å². The first kappa shape index (κ1) is 16.7. The molecule has 1 aromatic rings. The number of rotatable bonds is 7. The molecule has 0 radical (unpaired) electrons. The second-order valence-electron chi connectivity index (χ2n) is 5.69. The molecule has 118 valence electrons. The Labute approximate surface area is 134 Å². The highest BCUT2D eigenvalue weighted by Gasteiger charge is 2.22. The summed E-state index contributed by atoms with van der Waals surface area (Å²) in [4.78, 5) is 0. The van der Waals surface area contributed by atoms with Gasteiger partial charge >= 0.3 is 0 Å². The molecule has 5 heteroatoms. The van der Waals surface area contributed by atoms with E-state index in [0.29, 0.717) is 12.5 Å². The van der Waals surface area contributed by atoms with Crippen LogP contribution in [0.1, 0.15) is 25.7 Å². The molecule has 0 aromatic heterocycles. The number of ether oxygens (including phenoxy) is 1. The van der Waals surface area contributed by atoms with Gasteiger partial charge in [0.15, 0.2) is 0 Å². The minimum absolute atomic E-state index is 0.193. The van der Waals surface area contributed by atoms with Crippen LogP contribution in [-0.2, 0) is 0 Å². The average molecular weight is 358 g/mol. The zero-order chi connectivity index (χ0) is 15.1. The van der Waals surface area contributed by atoms with Gasteiger partial charge in [-0.1, -0.05) is 34.8 Å². The van der Waals surface area contributed by atoms with E-state index in [1.54, 1.807) is 0 Å². The Bertz CT molecular complexity index is 430. The SMILES string of the molecule is OC(CNCC1CCCCC1O)COc1cccc(Br)c1. The molecule has 1 fully saturated rings. The molecule has 3 N–H and O–H groups in total. The summed E-state index contributed by atoms with van der Waals surface area (Å²) in [7, 11) is 0. The summed E-state index contributed by atoms with van der Waals surface area (Å²) in [6, 6.07) is 7.57. The van der Waals surface area contributed by atoms with Crippen molar-refractivity contribution in [3.63, 3.8) is 0 Å². The number of aliphatic hydroxyl groups excluding tert-OH is 2. The van der Waals surface area contributed by atoms with Gasteiger partial charge in [0.25, 0.3) is 0 Å². The Hall–Kier alpha value is -0.620. The Balaban J connectivity index is 1.62. The summed E-state index contributed by atoms with van der Waals surface area (Å²) in [6.45, 7) is 1.50. The molecule has 2 rings (SSSR count). The molecule has 0 heterocycles. The van der Waals surface area contributed by atoms with Gasteiger partial charge in [0.1, 0.15) is 18.5 Å². The minimum Gasteiger partial charge on any atom is -0.491 e. The minimum atomic E-state index is -0.551. The summed E-state index contributed by atoms with van der Waals surface area (Å²) in [5, 5.41) is 23.0. The lowest BCUT2D eigenvalue weighted by molar-refractivity contribution is 0.0635. The largest absolute Gasteiger partial charge is 0.491 e. The van der Waals surface area contributed by atoms with Gasteiger partial charge in [-0.15, -0.1) is 0 Å². The third kappa shape index (κ3) is 5.94. The van der Waals surface area contributed by atoms with Crippen molar-refractivity contribution in [3.05, 3.63) is 28.7 Å². The van der Waals surface area contributed by atoms with Crippen LogP contribution in [0.15, 0.2) is 28.7 Å². The fourth-order valence-electron chi connectivity index (χ4n) is 2.67. The van der Waals surface area contributed by atoms with Gasteiger partial charge < -0.3 is 20.3 Å². The van der Waals surface area contributed by atoms with Crippen molar-refractivity contribution < 1.29 is 14.9 Å². The number of aliphatic hydroxyl groups is 2. The molecule has 0 spiro atoms. The Kier molecular flexibility index (Phi) is 6.96. The fourth-order valence-corrected chi connectivity index (χ4v) is 3.05. The van der Waals surface area contributed by atoms with E-state index in [1.165, 1.54) is 6.42 Å². The van der Waals surface area contributed by atoms with E-state index in [4.69, 9.17) is 4.74 Å². The van der Waals surface area contributed by atoms with Crippen LogP contribution in [0, 0.1) is 5.92 Å². The average Bonchev–Trinajstić information content (AvgIpc) is 2.47. The van der Waals surface area contributed by atoms with Gasteiger partial charge in [-0.2, -0.15) is 0 Å². The molecule has 0 saturated heterocycles. The molecule has 1 aromatic carbocycles. The van der Waals surface area contributed by atoms with Crippen molar-refractivity contribution in [1.29, 1.82) is 0 Å². The zero-order valence-electron chi connectivity index (χ0n) is 12.2. The third-order valence-electron chi connectivity index (χ3n) is 3.89. The Morgan fingerprint density at radius 1 is 1.33 bits per heavy atom. The van der Waals surface area contributed by atoms with Crippen LogP contribution in [0.25, 0.3) is 0 Å². The summed E-state index contributed by atoms with van der Waals surface area (Å²) in [6.07, 6.45) is 3.55. The Morgan fingerprint density at radius 2 is 2.14 bits per heavy atom. The van der Waals surface area contributed by atoms with E-state index in [9.17, 15) is 10.2 Å². The number of hydrogen-bond donors (Lipinski definition) is 3. The highest BCUT2D eigenvalue weighted by Crippen LogP contribution is 2.23. The van der Waals surface area contributed by atoms with Gasteiger partial charge in [0.05, 0.1) is 6.10 Å². The van der Waals surface area contributed by atoms with E-state index >= 15 is 0 Å². The van der Waals surface area contributed by atoms with E-state index in [-0.39, 0.29) is 12.7 Å². The summed E-state index contributed by atoms with van der Waals surface area (Å²) in [5.74, 6) is 1.06. The van der Waals surface area contributed by atoms with Crippen LogP contribution in [0.4, 0.5) is 0 Å². The van der Waals surface area contributed by atoms with E-state index in [0.717, 1.165) is 36.0 Å². The quantitative estimate of drug-likeness (QED) is 0.700. The smallest absolute Gasteiger partial charge is 0.120 e. The van der Waals surface area contributed by atoms with Crippen LogP contribution in [0.3, 0.4) is 0 Å². The molecule has 4 nitrogen and oxygen atoms in total. The maximum atomic E-state index is 9.91. The molecule has 1 aliphatic rings. The number of nitrogens with one attached hydrogen (secondary N) is 1. The molecular formula is C16H24BrNO3. The normalized spacial score (nSPS) is 23.8. The lowest BCUT2D eigenvalue weighted by Crippen LogP contribution is -2.38. The summed E-state index contributed by atoms with van der Waals surface area (Å²) in [5.41, 5.74) is 0. The van der Waals surface area contributed by atoms with E-state index in [1.807, 2.05) is 24.3 Å². The number of halogens is 1. The highest BCUT2D eigenvalue weighted by atomic mass is 79.9. The monoisotopic (exact) mass is 357 g/mol. The van der Waals surface area contributed by atoms with Gasteiger partial charge in [-0.25, -0.2) is 0 Å². The van der Waals surface area contributed by atoms with Crippen molar-refractivity contribution in [2.45, 2.75) is 37.9 Å². The topological polar surface area (TPSA) is 61.7 Å². The molecule has 0 aliphatic heterocycles. The number of hydrogen-bond acceptors (Lipinski definition) is 4. The van der Waals surface area contributed by atoms with Crippen LogP contribution in [0.2, 0.25) is 0 Å².